The average molecular weight is 426 g/mol. The first-order valence-corrected chi connectivity index (χ1v) is 10.6. The average Bonchev–Trinajstić information content (AvgIpc) is 3.50. The van der Waals surface area contributed by atoms with Gasteiger partial charge in [0.1, 0.15) is 17.8 Å². The van der Waals surface area contributed by atoms with E-state index in [0.717, 1.165) is 65.4 Å². The number of aromatic amines is 1. The van der Waals surface area contributed by atoms with Gasteiger partial charge in [0.25, 0.3) is 0 Å². The van der Waals surface area contributed by atoms with E-state index in [-0.39, 0.29) is 0 Å². The third-order valence-corrected chi connectivity index (χ3v) is 5.72. The lowest BCUT2D eigenvalue weighted by molar-refractivity contribution is 0.585. The second-order valence-electron chi connectivity index (χ2n) is 7.75. The van der Waals surface area contributed by atoms with E-state index >= 15 is 0 Å². The van der Waals surface area contributed by atoms with Crippen molar-refractivity contribution in [3.8, 4) is 11.1 Å². The third-order valence-electron chi connectivity index (χ3n) is 5.72. The Kier molecular flexibility index (Phi) is 4.61. The molecule has 0 aromatic carbocycles. The van der Waals surface area contributed by atoms with Crippen LogP contribution in [0.2, 0.25) is 0 Å². The van der Waals surface area contributed by atoms with Gasteiger partial charge in [-0.2, -0.15) is 10.1 Å². The summed E-state index contributed by atoms with van der Waals surface area (Å²) >= 11 is 0. The molecule has 5 aromatic rings. The molecule has 1 fully saturated rings. The number of hydrogen-bond acceptors (Lipinski definition) is 8. The molecule has 0 saturated carbocycles. The highest BCUT2D eigenvalue weighted by Gasteiger charge is 2.12. The first-order chi connectivity index (χ1) is 15.8. The van der Waals surface area contributed by atoms with Crippen LogP contribution in [0, 0.1) is 0 Å². The van der Waals surface area contributed by atoms with E-state index in [4.69, 9.17) is 0 Å². The predicted octanol–water partition coefficient (Wildman–Crippen LogP) is 2.08. The molecule has 5 aromatic heterocycles. The molecule has 0 spiro atoms. The van der Waals surface area contributed by atoms with E-state index in [2.05, 4.69) is 57.7 Å². The first-order valence-electron chi connectivity index (χ1n) is 10.6. The summed E-state index contributed by atoms with van der Waals surface area (Å²) in [5.74, 6) is 1.60. The first kappa shape index (κ1) is 18.7. The molecule has 0 amide bonds. The van der Waals surface area contributed by atoms with E-state index < -0.39 is 0 Å². The van der Waals surface area contributed by atoms with Crippen molar-refractivity contribution in [3.63, 3.8) is 0 Å². The molecule has 6 rings (SSSR count). The van der Waals surface area contributed by atoms with E-state index in [1.54, 1.807) is 10.8 Å². The summed E-state index contributed by atoms with van der Waals surface area (Å²) < 4.78 is 1.74. The Morgan fingerprint density at radius 1 is 1.03 bits per heavy atom. The molecular formula is C22H22N10. The van der Waals surface area contributed by atoms with E-state index in [1.165, 1.54) is 0 Å². The van der Waals surface area contributed by atoms with Gasteiger partial charge in [-0.25, -0.2) is 19.5 Å². The maximum atomic E-state index is 4.63. The lowest BCUT2D eigenvalue weighted by Gasteiger charge is -2.28. The largest absolute Gasteiger partial charge is 0.354 e. The van der Waals surface area contributed by atoms with Crippen LogP contribution in [-0.4, -0.2) is 60.7 Å². The quantitative estimate of drug-likeness (QED) is 0.392. The van der Waals surface area contributed by atoms with E-state index in [0.29, 0.717) is 12.5 Å². The molecule has 0 unspecified atom stereocenters. The fourth-order valence-corrected chi connectivity index (χ4v) is 4.00. The molecule has 1 aliphatic rings. The molecule has 0 atom stereocenters. The zero-order valence-electron chi connectivity index (χ0n) is 17.4. The van der Waals surface area contributed by atoms with Gasteiger partial charge in [-0.3, -0.25) is 0 Å². The fraction of sp³-hybridized carbons (Fsp3) is 0.227. The Labute approximate surface area is 183 Å². The molecule has 32 heavy (non-hydrogen) atoms. The Morgan fingerprint density at radius 3 is 2.84 bits per heavy atom. The monoisotopic (exact) mass is 426 g/mol. The normalized spacial score (nSPS) is 14.3. The summed E-state index contributed by atoms with van der Waals surface area (Å²) in [5, 5.41) is 11.8. The SMILES string of the molecule is c1nc2cc(-c3c[nH]c4nc(NCc5ccc(N6CCNCC6)nc5)ncc34)ccn2n1. The maximum Gasteiger partial charge on any atom is 0.224 e. The zero-order chi connectivity index (χ0) is 21.3. The molecular weight excluding hydrogens is 404 g/mol. The molecule has 1 aliphatic heterocycles. The highest BCUT2D eigenvalue weighted by molar-refractivity contribution is 5.93. The molecule has 10 heteroatoms. The number of piperazine rings is 1. The molecule has 1 saturated heterocycles. The van der Waals surface area contributed by atoms with Gasteiger partial charge in [-0.1, -0.05) is 6.07 Å². The number of aromatic nitrogens is 7. The van der Waals surface area contributed by atoms with Crippen molar-refractivity contribution in [2.24, 2.45) is 0 Å². The van der Waals surface area contributed by atoms with Gasteiger partial charge in [-0.05, 0) is 29.3 Å². The summed E-state index contributed by atoms with van der Waals surface area (Å²) in [7, 11) is 0. The van der Waals surface area contributed by atoms with E-state index in [9.17, 15) is 0 Å². The molecule has 0 bridgehead atoms. The Bertz CT molecular complexity index is 1360. The Morgan fingerprint density at radius 2 is 1.97 bits per heavy atom. The van der Waals surface area contributed by atoms with Gasteiger partial charge in [-0.15, -0.1) is 0 Å². The van der Waals surface area contributed by atoms with Crippen LogP contribution in [-0.2, 0) is 6.54 Å². The van der Waals surface area contributed by atoms with Crippen molar-refractivity contribution in [3.05, 3.63) is 60.9 Å². The molecule has 6 heterocycles. The van der Waals surface area contributed by atoms with Gasteiger partial charge in [0.2, 0.25) is 5.95 Å². The molecule has 160 valence electrons. The maximum absolute atomic E-state index is 4.63. The van der Waals surface area contributed by atoms with Crippen LogP contribution in [0.5, 0.6) is 0 Å². The number of nitrogens with one attached hydrogen (secondary N) is 3. The minimum Gasteiger partial charge on any atom is -0.354 e. The fourth-order valence-electron chi connectivity index (χ4n) is 4.00. The summed E-state index contributed by atoms with van der Waals surface area (Å²) in [5.41, 5.74) is 4.74. The standard InChI is InChI=1S/C22H22N10/c1-2-19(31-7-4-23-5-8-31)24-10-15(1)11-26-22-27-13-18-17(12-25-21(18)30-22)16-3-6-32-20(9-16)28-14-29-32/h1-3,6,9-10,12-14,23H,4-5,7-8,11H2,(H2,25,26,27,30). The van der Waals surface area contributed by atoms with Crippen LogP contribution in [0.1, 0.15) is 5.56 Å². The van der Waals surface area contributed by atoms with Gasteiger partial charge in [0.05, 0.1) is 0 Å². The number of rotatable bonds is 5. The Hall–Kier alpha value is -4.05. The minimum absolute atomic E-state index is 0.574. The van der Waals surface area contributed by atoms with Crippen molar-refractivity contribution >= 4 is 28.4 Å². The summed E-state index contributed by atoms with van der Waals surface area (Å²) in [4.78, 5) is 23.6. The van der Waals surface area contributed by atoms with Crippen LogP contribution in [0.4, 0.5) is 11.8 Å². The lowest BCUT2D eigenvalue weighted by atomic mass is 10.1. The van der Waals surface area contributed by atoms with Crippen LogP contribution < -0.4 is 15.5 Å². The molecule has 0 radical (unpaired) electrons. The van der Waals surface area contributed by atoms with Crippen LogP contribution in [0.25, 0.3) is 27.8 Å². The topological polar surface area (TPSA) is 112 Å². The smallest absolute Gasteiger partial charge is 0.224 e. The summed E-state index contributed by atoms with van der Waals surface area (Å²) in [6.45, 7) is 4.59. The van der Waals surface area contributed by atoms with Crippen LogP contribution >= 0.6 is 0 Å². The van der Waals surface area contributed by atoms with Gasteiger partial charge in [0, 0.05) is 68.5 Å². The second kappa shape index (κ2) is 7.89. The number of anilines is 2. The van der Waals surface area contributed by atoms with Crippen molar-refractivity contribution in [2.45, 2.75) is 6.54 Å². The Balaban J connectivity index is 1.17. The van der Waals surface area contributed by atoms with Crippen LogP contribution in [0.3, 0.4) is 0 Å². The number of nitrogens with zero attached hydrogens (tertiary/aromatic N) is 7. The second-order valence-corrected chi connectivity index (χ2v) is 7.75. The van der Waals surface area contributed by atoms with Gasteiger partial charge < -0.3 is 20.5 Å². The minimum atomic E-state index is 0.574. The lowest BCUT2D eigenvalue weighted by Crippen LogP contribution is -2.43. The summed E-state index contributed by atoms with van der Waals surface area (Å²) in [6.07, 6.45) is 9.15. The molecule has 0 aliphatic carbocycles. The predicted molar refractivity (Wildman–Crippen MR) is 123 cm³/mol. The van der Waals surface area contributed by atoms with Crippen molar-refractivity contribution in [2.75, 3.05) is 36.4 Å². The number of hydrogen-bond donors (Lipinski definition) is 3. The van der Waals surface area contributed by atoms with Crippen molar-refractivity contribution < 1.29 is 0 Å². The third kappa shape index (κ3) is 3.50. The number of pyridine rings is 2. The highest BCUT2D eigenvalue weighted by Crippen LogP contribution is 2.28. The number of H-pyrrole nitrogens is 1. The van der Waals surface area contributed by atoms with E-state index in [1.807, 2.05) is 36.9 Å². The molecule has 3 N–H and O–H groups in total. The van der Waals surface area contributed by atoms with Crippen molar-refractivity contribution in [1.29, 1.82) is 0 Å². The van der Waals surface area contributed by atoms with Gasteiger partial charge in [0.15, 0.2) is 5.65 Å². The summed E-state index contributed by atoms with van der Waals surface area (Å²) in [6, 6.07) is 8.19. The van der Waals surface area contributed by atoms with Crippen molar-refractivity contribution in [1.82, 2.24) is 39.9 Å². The number of fused-ring (bicyclic) bond motifs is 2. The zero-order valence-corrected chi connectivity index (χ0v) is 17.4. The molecule has 10 nitrogen and oxygen atoms in total. The van der Waals surface area contributed by atoms with Gasteiger partial charge >= 0.3 is 0 Å². The highest BCUT2D eigenvalue weighted by atomic mass is 15.3. The van der Waals surface area contributed by atoms with Crippen LogP contribution in [0.15, 0.2) is 55.4 Å².